The Labute approximate surface area is 90.4 Å². The fourth-order valence-corrected chi connectivity index (χ4v) is 1.61. The number of carbonyl (C=O) groups excluding carboxylic acids is 1. The van der Waals surface area contributed by atoms with Crippen molar-refractivity contribution in [3.63, 3.8) is 0 Å². The van der Waals surface area contributed by atoms with Crippen molar-refractivity contribution >= 4 is 11.9 Å². The Morgan fingerprint density at radius 3 is 2.13 bits per heavy atom. The number of carboxylic acid groups (broad SMARTS) is 1. The number of amides is 1. The summed E-state index contributed by atoms with van der Waals surface area (Å²) < 4.78 is 0. The van der Waals surface area contributed by atoms with E-state index in [1.54, 1.807) is 27.7 Å². The van der Waals surface area contributed by atoms with Gasteiger partial charge >= 0.3 is 5.97 Å². The number of carbonyl (C=O) groups is 2. The minimum absolute atomic E-state index is 0.291. The van der Waals surface area contributed by atoms with Gasteiger partial charge in [-0.25, -0.2) is 0 Å². The van der Waals surface area contributed by atoms with Gasteiger partial charge in [-0.15, -0.1) is 0 Å². The lowest BCUT2D eigenvalue weighted by Gasteiger charge is -2.32. The van der Waals surface area contributed by atoms with Crippen molar-refractivity contribution in [1.29, 1.82) is 0 Å². The second-order valence-corrected chi connectivity index (χ2v) is 4.94. The van der Waals surface area contributed by atoms with Gasteiger partial charge in [0.1, 0.15) is 0 Å². The van der Waals surface area contributed by atoms with Gasteiger partial charge in [0.15, 0.2) is 0 Å². The zero-order chi connectivity index (χ0) is 12.3. The molecule has 0 atom stereocenters. The SMILES string of the molecule is C=CC(=O)NC(C)(C)CC(C)(C)C(=O)O. The molecule has 0 aliphatic heterocycles. The molecule has 4 nitrogen and oxygen atoms in total. The second kappa shape index (κ2) is 4.47. The van der Waals surface area contributed by atoms with Gasteiger partial charge in [0.2, 0.25) is 5.91 Å². The van der Waals surface area contributed by atoms with Crippen LogP contribution in [0, 0.1) is 5.41 Å². The van der Waals surface area contributed by atoms with Crippen molar-refractivity contribution in [2.75, 3.05) is 0 Å². The topological polar surface area (TPSA) is 66.4 Å². The van der Waals surface area contributed by atoms with Crippen LogP contribution in [0.15, 0.2) is 12.7 Å². The first-order valence-electron chi connectivity index (χ1n) is 4.79. The van der Waals surface area contributed by atoms with Gasteiger partial charge in [-0.1, -0.05) is 6.58 Å². The molecule has 0 aromatic carbocycles. The molecule has 0 bridgehead atoms. The fraction of sp³-hybridized carbons (Fsp3) is 0.636. The van der Waals surface area contributed by atoms with Gasteiger partial charge in [0.05, 0.1) is 5.41 Å². The molecular weight excluding hydrogens is 194 g/mol. The number of hydrogen-bond donors (Lipinski definition) is 2. The van der Waals surface area contributed by atoms with Gasteiger partial charge in [-0.05, 0) is 40.2 Å². The maximum atomic E-state index is 11.1. The van der Waals surface area contributed by atoms with Crippen molar-refractivity contribution in [2.45, 2.75) is 39.7 Å². The van der Waals surface area contributed by atoms with Crippen LogP contribution < -0.4 is 5.32 Å². The predicted molar refractivity (Wildman–Crippen MR) is 58.5 cm³/mol. The monoisotopic (exact) mass is 213 g/mol. The normalized spacial score (nSPS) is 12.0. The number of aliphatic carboxylic acids is 1. The summed E-state index contributed by atoms with van der Waals surface area (Å²) in [5.74, 6) is -1.16. The Balaban J connectivity index is 4.56. The van der Waals surface area contributed by atoms with E-state index in [9.17, 15) is 9.59 Å². The van der Waals surface area contributed by atoms with Gasteiger partial charge in [-0.3, -0.25) is 9.59 Å². The molecule has 0 radical (unpaired) electrons. The summed E-state index contributed by atoms with van der Waals surface area (Å²) in [7, 11) is 0. The molecule has 0 aliphatic rings. The Morgan fingerprint density at radius 1 is 1.33 bits per heavy atom. The van der Waals surface area contributed by atoms with E-state index in [2.05, 4.69) is 11.9 Å². The van der Waals surface area contributed by atoms with E-state index in [0.717, 1.165) is 0 Å². The number of nitrogens with one attached hydrogen (secondary N) is 1. The van der Waals surface area contributed by atoms with E-state index in [4.69, 9.17) is 5.11 Å². The lowest BCUT2D eigenvalue weighted by Crippen LogP contribution is -2.47. The number of rotatable bonds is 5. The van der Waals surface area contributed by atoms with Gasteiger partial charge in [-0.2, -0.15) is 0 Å². The van der Waals surface area contributed by atoms with Crippen LogP contribution in [0.1, 0.15) is 34.1 Å². The maximum absolute atomic E-state index is 11.1. The molecule has 0 aliphatic carbocycles. The minimum atomic E-state index is -0.872. The van der Waals surface area contributed by atoms with Crippen LogP contribution in [0.25, 0.3) is 0 Å². The third-order valence-corrected chi connectivity index (χ3v) is 2.11. The average molecular weight is 213 g/mol. The summed E-state index contributed by atoms with van der Waals surface area (Å²) in [6, 6.07) is 0. The summed E-state index contributed by atoms with van der Waals surface area (Å²) in [6.45, 7) is 10.2. The first-order chi connectivity index (χ1) is 6.60. The van der Waals surface area contributed by atoms with Crippen LogP contribution in [-0.2, 0) is 9.59 Å². The summed E-state index contributed by atoms with van der Waals surface area (Å²) in [4.78, 5) is 22.0. The Hall–Kier alpha value is -1.32. The highest BCUT2D eigenvalue weighted by atomic mass is 16.4. The van der Waals surface area contributed by atoms with Crippen molar-refractivity contribution < 1.29 is 14.7 Å². The van der Waals surface area contributed by atoms with E-state index < -0.39 is 16.9 Å². The van der Waals surface area contributed by atoms with Crippen molar-refractivity contribution in [1.82, 2.24) is 5.32 Å². The van der Waals surface area contributed by atoms with E-state index in [1.165, 1.54) is 6.08 Å². The quantitative estimate of drug-likeness (QED) is 0.681. The molecule has 0 rings (SSSR count). The molecule has 0 aromatic rings. The molecule has 0 heterocycles. The van der Waals surface area contributed by atoms with Gasteiger partial charge in [0, 0.05) is 5.54 Å². The number of carboxylic acids is 1. The average Bonchev–Trinajstić information content (AvgIpc) is 2.00. The highest BCUT2D eigenvalue weighted by Crippen LogP contribution is 2.27. The third kappa shape index (κ3) is 4.63. The smallest absolute Gasteiger partial charge is 0.309 e. The summed E-state index contributed by atoms with van der Waals surface area (Å²) >= 11 is 0. The predicted octanol–water partition coefficient (Wildman–Crippen LogP) is 1.57. The lowest BCUT2D eigenvalue weighted by atomic mass is 9.80. The highest BCUT2D eigenvalue weighted by molar-refractivity contribution is 5.87. The summed E-state index contributed by atoms with van der Waals surface area (Å²) in [5.41, 5.74) is -1.43. The molecule has 0 saturated carbocycles. The van der Waals surface area contributed by atoms with Gasteiger partial charge < -0.3 is 10.4 Å². The molecule has 4 heteroatoms. The van der Waals surface area contributed by atoms with Crippen LogP contribution in [0.5, 0.6) is 0 Å². The van der Waals surface area contributed by atoms with E-state index in [0.29, 0.717) is 6.42 Å². The molecule has 1 amide bonds. The van der Waals surface area contributed by atoms with Crippen molar-refractivity contribution in [3.05, 3.63) is 12.7 Å². The number of hydrogen-bond acceptors (Lipinski definition) is 2. The highest BCUT2D eigenvalue weighted by Gasteiger charge is 2.35. The molecule has 86 valence electrons. The Bertz CT molecular complexity index is 280. The van der Waals surface area contributed by atoms with Crippen molar-refractivity contribution in [2.24, 2.45) is 5.41 Å². The lowest BCUT2D eigenvalue weighted by molar-refractivity contribution is -0.148. The van der Waals surface area contributed by atoms with E-state index in [-0.39, 0.29) is 5.91 Å². The molecule has 0 saturated heterocycles. The molecule has 0 spiro atoms. The molecule has 0 fully saturated rings. The zero-order valence-corrected chi connectivity index (χ0v) is 9.76. The standard InChI is InChI=1S/C11H19NO3/c1-6-8(13)12-11(4,5)7-10(2,3)9(14)15/h6H,1,7H2,2-5H3,(H,12,13)(H,14,15). The molecule has 15 heavy (non-hydrogen) atoms. The third-order valence-electron chi connectivity index (χ3n) is 2.11. The fourth-order valence-electron chi connectivity index (χ4n) is 1.61. The van der Waals surface area contributed by atoms with Crippen LogP contribution in [0.3, 0.4) is 0 Å². The Morgan fingerprint density at radius 2 is 1.80 bits per heavy atom. The van der Waals surface area contributed by atoms with Crippen LogP contribution in [-0.4, -0.2) is 22.5 Å². The summed E-state index contributed by atoms with van der Waals surface area (Å²) in [5, 5.41) is 11.7. The van der Waals surface area contributed by atoms with Crippen LogP contribution in [0.2, 0.25) is 0 Å². The molecule has 2 N–H and O–H groups in total. The first-order valence-corrected chi connectivity index (χ1v) is 4.79. The zero-order valence-electron chi connectivity index (χ0n) is 9.76. The van der Waals surface area contributed by atoms with Crippen LogP contribution >= 0.6 is 0 Å². The summed E-state index contributed by atoms with van der Waals surface area (Å²) in [6.07, 6.45) is 1.53. The molecular formula is C11H19NO3. The van der Waals surface area contributed by atoms with E-state index in [1.807, 2.05) is 0 Å². The van der Waals surface area contributed by atoms with E-state index >= 15 is 0 Å². The molecule has 0 aromatic heterocycles. The maximum Gasteiger partial charge on any atom is 0.309 e. The molecule has 0 unspecified atom stereocenters. The second-order valence-electron chi connectivity index (χ2n) is 4.94. The van der Waals surface area contributed by atoms with Crippen LogP contribution in [0.4, 0.5) is 0 Å². The Kier molecular flexibility index (Phi) is 4.07. The minimum Gasteiger partial charge on any atom is -0.481 e. The largest absolute Gasteiger partial charge is 0.481 e. The van der Waals surface area contributed by atoms with Crippen molar-refractivity contribution in [3.8, 4) is 0 Å². The first kappa shape index (κ1) is 13.7. The van der Waals surface area contributed by atoms with Gasteiger partial charge in [0.25, 0.3) is 0 Å².